The topological polar surface area (TPSA) is 76.5 Å². The number of amides is 1. The number of nitrogens with one attached hydrogen (secondary N) is 1. The summed E-state index contributed by atoms with van der Waals surface area (Å²) in [5, 5.41) is 6.47. The van der Waals surface area contributed by atoms with E-state index in [1.165, 1.54) is 36.1 Å². The number of nitrogens with zero attached hydrogens (tertiary/aromatic N) is 3. The number of carbonyl (C=O) groups excluding carboxylic acids is 2. The van der Waals surface area contributed by atoms with Gasteiger partial charge in [-0.1, -0.05) is 24.3 Å². The van der Waals surface area contributed by atoms with E-state index in [9.17, 15) is 31.5 Å². The predicted octanol–water partition coefficient (Wildman–Crippen LogP) is 4.58. The molecule has 4 rings (SSSR count). The Hall–Kier alpha value is -3.96. The summed E-state index contributed by atoms with van der Waals surface area (Å²) in [5.74, 6) is -1.19. The first-order valence-corrected chi connectivity index (χ1v) is 10.8. The number of hydrogen-bond donors (Lipinski definition) is 1. The van der Waals surface area contributed by atoms with Crippen LogP contribution in [0, 0.1) is 0 Å². The maximum atomic E-state index is 13.8. The number of methoxy groups -OCH3 is 1. The molecule has 12 heteroatoms. The van der Waals surface area contributed by atoms with Crippen molar-refractivity contribution in [2.45, 2.75) is 32.2 Å². The molecule has 0 fully saturated rings. The molecule has 0 aliphatic carbocycles. The molecule has 1 amide bonds. The van der Waals surface area contributed by atoms with Gasteiger partial charge in [-0.15, -0.1) is 0 Å². The minimum absolute atomic E-state index is 0.0127. The van der Waals surface area contributed by atoms with Crippen molar-refractivity contribution in [2.24, 2.45) is 0 Å². The van der Waals surface area contributed by atoms with Crippen LogP contribution < -0.4 is 10.2 Å². The van der Waals surface area contributed by atoms with Crippen LogP contribution in [0.4, 0.5) is 27.8 Å². The molecule has 2 heterocycles. The van der Waals surface area contributed by atoms with Crippen molar-refractivity contribution in [1.29, 1.82) is 0 Å². The van der Waals surface area contributed by atoms with Crippen molar-refractivity contribution in [3.8, 4) is 0 Å². The fraction of sp³-hybridized carbons (Fsp3) is 0.292. The van der Waals surface area contributed by atoms with Gasteiger partial charge in [0.15, 0.2) is 0 Å². The third-order valence-corrected chi connectivity index (χ3v) is 5.72. The molecule has 36 heavy (non-hydrogen) atoms. The van der Waals surface area contributed by atoms with Crippen molar-refractivity contribution >= 4 is 17.7 Å². The Balaban J connectivity index is 1.56. The highest BCUT2D eigenvalue weighted by Crippen LogP contribution is 2.35. The molecule has 0 spiro atoms. The van der Waals surface area contributed by atoms with E-state index in [-0.39, 0.29) is 37.6 Å². The van der Waals surface area contributed by atoms with Crippen LogP contribution in [-0.4, -0.2) is 35.3 Å². The van der Waals surface area contributed by atoms with Crippen molar-refractivity contribution < 1.29 is 36.3 Å². The van der Waals surface area contributed by atoms with E-state index in [0.717, 1.165) is 12.1 Å². The van der Waals surface area contributed by atoms with E-state index in [1.54, 1.807) is 17.0 Å². The Bertz CT molecular complexity index is 1270. The molecule has 2 aromatic carbocycles. The fourth-order valence-corrected chi connectivity index (χ4v) is 4.01. The minimum atomic E-state index is -4.52. The Morgan fingerprint density at radius 3 is 2.44 bits per heavy atom. The molecule has 7 nitrogen and oxygen atoms in total. The Morgan fingerprint density at radius 2 is 1.81 bits per heavy atom. The maximum Gasteiger partial charge on any atom is 0.416 e. The number of ether oxygens (including phenoxy) is 1. The molecular weight excluding hydrogens is 487 g/mol. The van der Waals surface area contributed by atoms with Gasteiger partial charge in [-0.25, -0.2) is 18.3 Å². The van der Waals surface area contributed by atoms with Gasteiger partial charge in [0.2, 0.25) is 0 Å². The Morgan fingerprint density at radius 1 is 1.08 bits per heavy atom. The molecule has 0 atom stereocenters. The quantitative estimate of drug-likeness (QED) is 0.374. The monoisotopic (exact) mass is 508 g/mol. The molecule has 1 aliphatic rings. The van der Waals surface area contributed by atoms with Gasteiger partial charge in [0.05, 0.1) is 24.8 Å². The molecule has 1 N–H and O–H groups in total. The first-order valence-electron chi connectivity index (χ1n) is 10.8. The number of alkyl halides is 5. The zero-order chi connectivity index (χ0) is 26.0. The number of rotatable bonds is 7. The van der Waals surface area contributed by atoms with Gasteiger partial charge in [-0.05, 0) is 35.4 Å². The number of esters is 1. The average Bonchev–Trinajstić information content (AvgIpc) is 3.42. The molecule has 3 aromatic rings. The van der Waals surface area contributed by atoms with Gasteiger partial charge in [-0.2, -0.15) is 18.3 Å². The molecule has 0 radical (unpaired) electrons. The minimum Gasteiger partial charge on any atom is -0.465 e. The number of anilines is 1. The van der Waals surface area contributed by atoms with Gasteiger partial charge >= 0.3 is 12.1 Å². The second kappa shape index (κ2) is 9.96. The molecule has 0 bridgehead atoms. The smallest absolute Gasteiger partial charge is 0.416 e. The van der Waals surface area contributed by atoms with Crippen LogP contribution >= 0.6 is 0 Å². The average molecular weight is 508 g/mol. The van der Waals surface area contributed by atoms with Crippen LogP contribution in [0.2, 0.25) is 0 Å². The molecule has 0 unspecified atom stereocenters. The number of carbonyl (C=O) groups is 2. The van der Waals surface area contributed by atoms with Crippen molar-refractivity contribution in [3.05, 3.63) is 82.0 Å². The highest BCUT2D eigenvalue weighted by molar-refractivity contribution is 6.00. The maximum absolute atomic E-state index is 13.8. The summed E-state index contributed by atoms with van der Waals surface area (Å²) in [4.78, 5) is 26.1. The van der Waals surface area contributed by atoms with E-state index >= 15 is 0 Å². The number of hydrogen-bond acceptors (Lipinski definition) is 5. The molecule has 1 aliphatic heterocycles. The van der Waals surface area contributed by atoms with Crippen LogP contribution in [-0.2, 0) is 30.5 Å². The summed E-state index contributed by atoms with van der Waals surface area (Å²) in [6, 6.07) is 10.9. The number of benzene rings is 2. The van der Waals surface area contributed by atoms with Crippen LogP contribution in [0.1, 0.15) is 49.5 Å². The predicted molar refractivity (Wildman–Crippen MR) is 119 cm³/mol. The Labute approximate surface area is 202 Å². The third kappa shape index (κ3) is 5.16. The fourth-order valence-electron chi connectivity index (χ4n) is 4.01. The van der Waals surface area contributed by atoms with Gasteiger partial charge in [0, 0.05) is 19.6 Å². The number of fused-ring (bicyclic) bond motifs is 1. The second-order valence-corrected chi connectivity index (χ2v) is 8.10. The molecule has 0 saturated carbocycles. The molecule has 190 valence electrons. The molecular formula is C24H21F5N4O3. The first-order chi connectivity index (χ1) is 17.1. The summed E-state index contributed by atoms with van der Waals surface area (Å²) in [5.41, 5.74) is -0.600. The van der Waals surface area contributed by atoms with E-state index in [1.807, 2.05) is 0 Å². The lowest BCUT2D eigenvalue weighted by Gasteiger charge is -2.20. The van der Waals surface area contributed by atoms with Crippen LogP contribution in [0.5, 0.6) is 0 Å². The van der Waals surface area contributed by atoms with Gasteiger partial charge in [0.1, 0.15) is 17.1 Å². The zero-order valence-electron chi connectivity index (χ0n) is 19.0. The van der Waals surface area contributed by atoms with Crippen LogP contribution in [0.25, 0.3) is 0 Å². The lowest BCUT2D eigenvalue weighted by molar-refractivity contribution is -0.137. The normalized spacial score (nSPS) is 13.1. The number of halogens is 5. The second-order valence-electron chi connectivity index (χ2n) is 8.10. The van der Waals surface area contributed by atoms with E-state index in [0.29, 0.717) is 16.7 Å². The summed E-state index contributed by atoms with van der Waals surface area (Å²) in [6.45, 7) is 0.461. The van der Waals surface area contributed by atoms with Crippen molar-refractivity contribution in [1.82, 2.24) is 15.1 Å². The first kappa shape index (κ1) is 25.1. The highest BCUT2D eigenvalue weighted by atomic mass is 19.4. The van der Waals surface area contributed by atoms with Crippen molar-refractivity contribution in [2.75, 3.05) is 18.6 Å². The van der Waals surface area contributed by atoms with Crippen LogP contribution in [0.15, 0.2) is 48.5 Å². The lowest BCUT2D eigenvalue weighted by atomic mass is 10.1. The molecule has 1 aromatic heterocycles. The van der Waals surface area contributed by atoms with Gasteiger partial charge < -0.3 is 15.0 Å². The largest absolute Gasteiger partial charge is 0.465 e. The lowest BCUT2D eigenvalue weighted by Crippen LogP contribution is -2.28. The number of aromatic nitrogens is 2. The standard InChI is InChI=1S/C24H21F5N4O3/c1-36-23(35)16-7-5-14(6-8-16)12-30-21(34)18-19(20(25)26)31-33-10-9-32(22(18)33)13-15-3-2-4-17(11-15)24(27,28)29/h2-8,11,20H,9-10,12-13H2,1H3,(H,30,34). The van der Waals surface area contributed by atoms with E-state index in [2.05, 4.69) is 15.2 Å². The summed E-state index contributed by atoms with van der Waals surface area (Å²) in [7, 11) is 1.25. The summed E-state index contributed by atoms with van der Waals surface area (Å²) in [6.07, 6.45) is -7.55. The van der Waals surface area contributed by atoms with E-state index < -0.39 is 35.7 Å². The van der Waals surface area contributed by atoms with E-state index in [4.69, 9.17) is 0 Å². The highest BCUT2D eigenvalue weighted by Gasteiger charge is 2.35. The molecule has 0 saturated heterocycles. The van der Waals surface area contributed by atoms with Crippen LogP contribution in [0.3, 0.4) is 0 Å². The zero-order valence-corrected chi connectivity index (χ0v) is 19.0. The third-order valence-electron chi connectivity index (χ3n) is 5.72. The van der Waals surface area contributed by atoms with Gasteiger partial charge in [0.25, 0.3) is 12.3 Å². The SMILES string of the molecule is COC(=O)c1ccc(CNC(=O)c2c(C(F)F)nn3c2N(Cc2cccc(C(F)(F)F)c2)CC3)cc1. The summed E-state index contributed by atoms with van der Waals surface area (Å²) < 4.78 is 72.7. The van der Waals surface area contributed by atoms with Gasteiger partial charge in [-0.3, -0.25) is 4.79 Å². The summed E-state index contributed by atoms with van der Waals surface area (Å²) >= 11 is 0. The Kier molecular flexibility index (Phi) is 6.95. The van der Waals surface area contributed by atoms with Crippen molar-refractivity contribution in [3.63, 3.8) is 0 Å².